The van der Waals surface area contributed by atoms with E-state index in [-0.39, 0.29) is 29.4 Å². The highest BCUT2D eigenvalue weighted by molar-refractivity contribution is 6.02. The van der Waals surface area contributed by atoms with Gasteiger partial charge in [-0.1, -0.05) is 0 Å². The van der Waals surface area contributed by atoms with Crippen molar-refractivity contribution < 1.29 is 18.8 Å². The topological polar surface area (TPSA) is 106 Å². The number of anilines is 1. The standard InChI is InChI=1S/C18H19N3O4/c19-16(22)12-7-9-21(10-8-12)18(24)13-3-5-14(6-4-13)20-17(23)15-2-1-11-25-15/h1-6,11-12H,7-10H2,(H2,19,22)(H,20,23). The molecule has 0 aliphatic carbocycles. The molecule has 1 aromatic carbocycles. The number of piperidine rings is 1. The van der Waals surface area contributed by atoms with Gasteiger partial charge in [0.1, 0.15) is 0 Å². The Hall–Kier alpha value is -3.09. The van der Waals surface area contributed by atoms with Gasteiger partial charge in [-0.2, -0.15) is 0 Å². The van der Waals surface area contributed by atoms with Gasteiger partial charge in [0, 0.05) is 30.3 Å². The van der Waals surface area contributed by atoms with Crippen LogP contribution in [0.25, 0.3) is 0 Å². The summed E-state index contributed by atoms with van der Waals surface area (Å²) in [4.78, 5) is 37.3. The summed E-state index contributed by atoms with van der Waals surface area (Å²) >= 11 is 0. The minimum Gasteiger partial charge on any atom is -0.459 e. The lowest BCUT2D eigenvalue weighted by molar-refractivity contribution is -0.123. The molecule has 7 heteroatoms. The van der Waals surface area contributed by atoms with Gasteiger partial charge in [0.05, 0.1) is 6.26 Å². The maximum atomic E-state index is 12.5. The van der Waals surface area contributed by atoms with Crippen LogP contribution in [0.1, 0.15) is 33.8 Å². The predicted molar refractivity (Wildman–Crippen MR) is 90.9 cm³/mol. The Morgan fingerprint density at radius 2 is 1.76 bits per heavy atom. The summed E-state index contributed by atoms with van der Waals surface area (Å²) in [5.74, 6) is -0.672. The summed E-state index contributed by atoms with van der Waals surface area (Å²) in [6, 6.07) is 9.88. The third-order valence-electron chi connectivity index (χ3n) is 4.32. The average molecular weight is 341 g/mol. The van der Waals surface area contributed by atoms with E-state index in [1.54, 1.807) is 41.3 Å². The second kappa shape index (κ2) is 7.21. The van der Waals surface area contributed by atoms with Gasteiger partial charge in [-0.05, 0) is 49.2 Å². The number of hydrogen-bond acceptors (Lipinski definition) is 4. The first-order valence-corrected chi connectivity index (χ1v) is 8.08. The molecule has 3 N–H and O–H groups in total. The molecular weight excluding hydrogens is 322 g/mol. The average Bonchev–Trinajstić information content (AvgIpc) is 3.17. The Morgan fingerprint density at radius 1 is 1.08 bits per heavy atom. The van der Waals surface area contributed by atoms with Crippen LogP contribution < -0.4 is 11.1 Å². The Labute approximate surface area is 144 Å². The normalized spacial score (nSPS) is 15.0. The second-order valence-electron chi connectivity index (χ2n) is 5.98. The lowest BCUT2D eigenvalue weighted by atomic mass is 9.96. The zero-order valence-electron chi connectivity index (χ0n) is 13.6. The van der Waals surface area contributed by atoms with Gasteiger partial charge in [0.2, 0.25) is 5.91 Å². The third-order valence-corrected chi connectivity index (χ3v) is 4.32. The van der Waals surface area contributed by atoms with Crippen LogP contribution in [0.2, 0.25) is 0 Å². The monoisotopic (exact) mass is 341 g/mol. The molecule has 2 aromatic rings. The third kappa shape index (κ3) is 3.88. The maximum absolute atomic E-state index is 12.5. The van der Waals surface area contributed by atoms with E-state index < -0.39 is 0 Å². The number of amides is 3. The molecule has 1 aliphatic rings. The quantitative estimate of drug-likeness (QED) is 0.885. The first-order chi connectivity index (χ1) is 12.0. The van der Waals surface area contributed by atoms with Gasteiger partial charge in [0.25, 0.3) is 11.8 Å². The number of nitrogens with one attached hydrogen (secondary N) is 1. The molecule has 1 aliphatic heterocycles. The van der Waals surface area contributed by atoms with Crippen LogP contribution in [0.4, 0.5) is 5.69 Å². The first kappa shape index (κ1) is 16.8. The number of likely N-dealkylation sites (tertiary alicyclic amines) is 1. The number of rotatable bonds is 4. The molecule has 0 bridgehead atoms. The van der Waals surface area contributed by atoms with Crippen molar-refractivity contribution in [1.82, 2.24) is 4.90 Å². The molecule has 0 unspecified atom stereocenters. The molecule has 3 amide bonds. The SMILES string of the molecule is NC(=O)C1CCN(C(=O)c2ccc(NC(=O)c3ccco3)cc2)CC1. The predicted octanol–water partition coefficient (Wildman–Crippen LogP) is 1.87. The number of benzene rings is 1. The summed E-state index contributed by atoms with van der Waals surface area (Å²) in [6.07, 6.45) is 2.62. The molecule has 1 aromatic heterocycles. The van der Waals surface area contributed by atoms with Gasteiger partial charge >= 0.3 is 0 Å². The van der Waals surface area contributed by atoms with Crippen LogP contribution in [0.5, 0.6) is 0 Å². The summed E-state index contributed by atoms with van der Waals surface area (Å²) in [6.45, 7) is 1.03. The Balaban J connectivity index is 1.59. The van der Waals surface area contributed by atoms with E-state index >= 15 is 0 Å². The second-order valence-corrected chi connectivity index (χ2v) is 5.98. The number of carbonyl (C=O) groups excluding carboxylic acids is 3. The Bertz CT molecular complexity index is 760. The van der Waals surface area contributed by atoms with Crippen molar-refractivity contribution >= 4 is 23.4 Å². The number of nitrogens with two attached hydrogens (primary N) is 1. The maximum Gasteiger partial charge on any atom is 0.291 e. The highest BCUT2D eigenvalue weighted by Gasteiger charge is 2.26. The summed E-state index contributed by atoms with van der Waals surface area (Å²) < 4.78 is 5.03. The van der Waals surface area contributed by atoms with Crippen LogP contribution in [0, 0.1) is 5.92 Å². The highest BCUT2D eigenvalue weighted by Crippen LogP contribution is 2.19. The van der Waals surface area contributed by atoms with Crippen LogP contribution in [-0.2, 0) is 4.79 Å². The number of furan rings is 1. The summed E-state index contributed by atoms with van der Waals surface area (Å²) in [7, 11) is 0. The largest absolute Gasteiger partial charge is 0.459 e. The van der Waals surface area contributed by atoms with Crippen molar-refractivity contribution in [2.24, 2.45) is 11.7 Å². The molecule has 1 saturated heterocycles. The lowest BCUT2D eigenvalue weighted by Gasteiger charge is -2.30. The minimum atomic E-state index is -0.349. The number of nitrogens with zero attached hydrogens (tertiary/aromatic N) is 1. The van der Waals surface area contributed by atoms with Gasteiger partial charge in [-0.25, -0.2) is 0 Å². The molecule has 0 atom stereocenters. The van der Waals surface area contributed by atoms with Crippen molar-refractivity contribution in [1.29, 1.82) is 0 Å². The van der Waals surface area contributed by atoms with Crippen molar-refractivity contribution in [2.75, 3.05) is 18.4 Å². The van der Waals surface area contributed by atoms with Crippen molar-refractivity contribution in [3.05, 3.63) is 54.0 Å². The zero-order chi connectivity index (χ0) is 17.8. The fourth-order valence-corrected chi connectivity index (χ4v) is 2.85. The fraction of sp³-hybridized carbons (Fsp3) is 0.278. The van der Waals surface area contributed by atoms with Gasteiger partial charge < -0.3 is 20.4 Å². The molecule has 2 heterocycles. The molecule has 7 nitrogen and oxygen atoms in total. The smallest absolute Gasteiger partial charge is 0.291 e. The van der Waals surface area contributed by atoms with Crippen molar-refractivity contribution in [2.45, 2.75) is 12.8 Å². The zero-order valence-corrected chi connectivity index (χ0v) is 13.6. The molecule has 130 valence electrons. The molecule has 1 fully saturated rings. The van der Waals surface area contributed by atoms with Gasteiger partial charge in [0.15, 0.2) is 5.76 Å². The van der Waals surface area contributed by atoms with E-state index in [1.807, 2.05) is 0 Å². The van der Waals surface area contributed by atoms with Gasteiger partial charge in [-0.3, -0.25) is 14.4 Å². The van der Waals surface area contributed by atoms with Crippen LogP contribution in [0.3, 0.4) is 0 Å². The molecule has 0 spiro atoms. The van der Waals surface area contributed by atoms with E-state index in [4.69, 9.17) is 10.2 Å². The fourth-order valence-electron chi connectivity index (χ4n) is 2.85. The summed E-state index contributed by atoms with van der Waals surface area (Å²) in [5, 5.41) is 2.70. The molecule has 0 radical (unpaired) electrons. The van der Waals surface area contributed by atoms with Gasteiger partial charge in [-0.15, -0.1) is 0 Å². The Morgan fingerprint density at radius 3 is 2.32 bits per heavy atom. The van der Waals surface area contributed by atoms with Crippen molar-refractivity contribution in [3.8, 4) is 0 Å². The minimum absolute atomic E-state index is 0.0909. The van der Waals surface area contributed by atoms with E-state index in [2.05, 4.69) is 5.32 Å². The molecule has 25 heavy (non-hydrogen) atoms. The van der Waals surface area contributed by atoms with E-state index in [1.165, 1.54) is 6.26 Å². The molecule has 3 rings (SSSR count). The van der Waals surface area contributed by atoms with E-state index in [0.29, 0.717) is 37.2 Å². The van der Waals surface area contributed by atoms with Crippen molar-refractivity contribution in [3.63, 3.8) is 0 Å². The molecular formula is C18H19N3O4. The van der Waals surface area contributed by atoms with E-state index in [0.717, 1.165) is 0 Å². The summed E-state index contributed by atoms with van der Waals surface area (Å²) in [5.41, 5.74) is 6.42. The first-order valence-electron chi connectivity index (χ1n) is 8.08. The van der Waals surface area contributed by atoms with E-state index in [9.17, 15) is 14.4 Å². The number of hydrogen-bond donors (Lipinski definition) is 2. The van der Waals surface area contributed by atoms with Crippen LogP contribution >= 0.6 is 0 Å². The van der Waals surface area contributed by atoms with Crippen LogP contribution in [-0.4, -0.2) is 35.7 Å². The molecule has 0 saturated carbocycles. The Kier molecular flexibility index (Phi) is 4.83. The number of primary amides is 1. The highest BCUT2D eigenvalue weighted by atomic mass is 16.3. The van der Waals surface area contributed by atoms with Crippen LogP contribution in [0.15, 0.2) is 47.1 Å². The lowest BCUT2D eigenvalue weighted by Crippen LogP contribution is -2.41. The number of carbonyl (C=O) groups is 3.